The van der Waals surface area contributed by atoms with Crippen molar-refractivity contribution in [1.29, 1.82) is 0 Å². The van der Waals surface area contributed by atoms with Crippen LogP contribution >= 0.6 is 0 Å². The first-order valence-corrected chi connectivity index (χ1v) is 13.4. The van der Waals surface area contributed by atoms with E-state index in [1.165, 1.54) is 20.3 Å². The normalized spacial score (nSPS) is 18.8. The number of likely N-dealkylation sites (tertiary alicyclic amines) is 1. The van der Waals surface area contributed by atoms with Crippen LogP contribution < -0.4 is 29.6 Å². The van der Waals surface area contributed by atoms with Crippen molar-refractivity contribution in [3.05, 3.63) is 77.5 Å². The van der Waals surface area contributed by atoms with Crippen LogP contribution in [0.15, 0.2) is 60.7 Å². The van der Waals surface area contributed by atoms with Crippen molar-refractivity contribution in [1.82, 2.24) is 25.7 Å². The Kier molecular flexibility index (Phi) is 7.26. The Morgan fingerprint density at radius 3 is 2.64 bits per heavy atom. The Morgan fingerprint density at radius 1 is 0.976 bits per heavy atom. The molecule has 3 aromatic carbocycles. The average molecular weight is 572 g/mol. The summed E-state index contributed by atoms with van der Waals surface area (Å²) in [6.07, 6.45) is -0.604. The molecule has 0 radical (unpaired) electrons. The van der Waals surface area contributed by atoms with Gasteiger partial charge in [-0.05, 0) is 42.0 Å². The topological polar surface area (TPSA) is 144 Å². The lowest BCUT2D eigenvalue weighted by atomic mass is 10.1. The Balaban J connectivity index is 1.34. The van der Waals surface area contributed by atoms with Gasteiger partial charge in [-0.3, -0.25) is 19.5 Å². The highest BCUT2D eigenvalue weighted by atomic mass is 16.5. The molecular formula is C30H29N5O7. The number of para-hydroxylation sites is 1. The van der Waals surface area contributed by atoms with E-state index in [-0.39, 0.29) is 43.8 Å². The first-order valence-electron chi connectivity index (χ1n) is 13.4. The maximum Gasteiger partial charge on any atom is 0.275 e. The van der Waals surface area contributed by atoms with Gasteiger partial charge in [0.05, 0.1) is 32.3 Å². The number of aromatic amines is 1. The fourth-order valence-electron chi connectivity index (χ4n) is 5.13. The third-order valence-corrected chi connectivity index (χ3v) is 7.32. The quantitative estimate of drug-likeness (QED) is 0.340. The molecule has 0 spiro atoms. The molecule has 2 atom stereocenters. The Bertz CT molecular complexity index is 1670. The third kappa shape index (κ3) is 5.26. The van der Waals surface area contributed by atoms with Crippen LogP contribution in [0.5, 0.6) is 23.0 Å². The van der Waals surface area contributed by atoms with E-state index in [9.17, 15) is 14.4 Å². The predicted molar refractivity (Wildman–Crippen MR) is 151 cm³/mol. The Labute approximate surface area is 240 Å². The second kappa shape index (κ2) is 11.3. The van der Waals surface area contributed by atoms with Gasteiger partial charge in [-0.25, -0.2) is 0 Å². The number of aromatic nitrogens is 2. The van der Waals surface area contributed by atoms with E-state index in [1.807, 2.05) is 30.3 Å². The molecule has 4 aromatic rings. The molecule has 0 unspecified atom stereocenters. The fraction of sp³-hybridized carbons (Fsp3) is 0.267. The van der Waals surface area contributed by atoms with E-state index in [1.54, 1.807) is 29.2 Å². The molecule has 1 saturated heterocycles. The molecule has 1 aromatic heterocycles. The van der Waals surface area contributed by atoms with Crippen molar-refractivity contribution >= 4 is 28.6 Å². The number of carbonyl (C=O) groups excluding carboxylic acids is 3. The highest BCUT2D eigenvalue weighted by Crippen LogP contribution is 2.32. The second-order valence-corrected chi connectivity index (χ2v) is 9.98. The molecule has 12 nitrogen and oxygen atoms in total. The van der Waals surface area contributed by atoms with Crippen LogP contribution in [0.1, 0.15) is 26.4 Å². The molecule has 7 rings (SSSR count). The molecule has 3 aliphatic heterocycles. The minimum atomic E-state index is -0.604. The van der Waals surface area contributed by atoms with Gasteiger partial charge < -0.3 is 34.5 Å². The number of benzene rings is 3. The van der Waals surface area contributed by atoms with Crippen molar-refractivity contribution in [3.63, 3.8) is 0 Å². The Morgan fingerprint density at radius 2 is 1.81 bits per heavy atom. The number of carbonyl (C=O) groups is 3. The number of nitrogens with zero attached hydrogens (tertiary/aromatic N) is 2. The van der Waals surface area contributed by atoms with Crippen LogP contribution in [0.3, 0.4) is 0 Å². The monoisotopic (exact) mass is 571 g/mol. The SMILES string of the molecule is COc1ccc2cc1OCC(=O)NCc1ccc(c(OC)c1)O[C@H]1CN(C(=O)c3n[nH]c4ccccc34)C[C@@H]1NC2=O. The number of nitrogens with one attached hydrogen (secondary N) is 3. The lowest BCUT2D eigenvalue weighted by Gasteiger charge is -2.22. The zero-order valence-electron chi connectivity index (χ0n) is 23.0. The first kappa shape index (κ1) is 26.9. The molecule has 0 saturated carbocycles. The van der Waals surface area contributed by atoms with Gasteiger partial charge in [0.1, 0.15) is 6.10 Å². The van der Waals surface area contributed by atoms with Gasteiger partial charge in [-0.15, -0.1) is 0 Å². The van der Waals surface area contributed by atoms with Gasteiger partial charge in [0, 0.05) is 24.0 Å². The zero-order chi connectivity index (χ0) is 29.2. The van der Waals surface area contributed by atoms with E-state index >= 15 is 0 Å². The van der Waals surface area contributed by atoms with E-state index in [4.69, 9.17) is 18.9 Å². The lowest BCUT2D eigenvalue weighted by molar-refractivity contribution is -0.123. The summed E-state index contributed by atoms with van der Waals surface area (Å²) in [5.41, 5.74) is 2.13. The summed E-state index contributed by atoms with van der Waals surface area (Å²) >= 11 is 0. The molecule has 0 aliphatic carbocycles. The van der Waals surface area contributed by atoms with E-state index < -0.39 is 18.1 Å². The Hall–Kier alpha value is -5.26. The lowest BCUT2D eigenvalue weighted by Crippen LogP contribution is -2.45. The second-order valence-electron chi connectivity index (χ2n) is 9.98. The van der Waals surface area contributed by atoms with Crippen LogP contribution in [0.25, 0.3) is 10.9 Å². The first-order chi connectivity index (χ1) is 20.4. The number of ether oxygens (including phenoxy) is 4. The number of amides is 3. The van der Waals surface area contributed by atoms with E-state index in [0.717, 1.165) is 11.1 Å². The van der Waals surface area contributed by atoms with Crippen molar-refractivity contribution in [2.24, 2.45) is 0 Å². The minimum absolute atomic E-state index is 0.189. The molecule has 12 heteroatoms. The van der Waals surface area contributed by atoms with Crippen LogP contribution in [0.4, 0.5) is 0 Å². The highest BCUT2D eigenvalue weighted by molar-refractivity contribution is 6.04. The summed E-state index contributed by atoms with van der Waals surface area (Å²) in [5.74, 6) is 0.482. The van der Waals surface area contributed by atoms with Crippen LogP contribution in [-0.2, 0) is 11.3 Å². The van der Waals surface area contributed by atoms with Gasteiger partial charge in [0.2, 0.25) is 0 Å². The van der Waals surface area contributed by atoms with Crippen LogP contribution in [0.2, 0.25) is 0 Å². The number of rotatable bonds is 3. The largest absolute Gasteiger partial charge is 0.493 e. The molecule has 3 amide bonds. The summed E-state index contributed by atoms with van der Waals surface area (Å²) < 4.78 is 23.0. The number of hydrogen-bond donors (Lipinski definition) is 3. The molecule has 42 heavy (non-hydrogen) atoms. The number of hydrogen-bond acceptors (Lipinski definition) is 8. The molecule has 1 fully saturated rings. The van der Waals surface area contributed by atoms with Gasteiger partial charge in [-0.2, -0.15) is 5.10 Å². The van der Waals surface area contributed by atoms with Crippen LogP contribution in [-0.4, -0.2) is 78.9 Å². The molecule has 3 N–H and O–H groups in total. The standard InChI is InChI=1S/C30H29N5O7/c1-39-22-10-8-18-12-25(22)41-16-27(36)31-13-17-7-9-23(24(11-17)40-2)42-26-15-35(14-21(26)32-29(18)37)30(38)28-19-5-3-4-6-20(19)33-34-28/h3-12,21,26H,13-16H2,1-2H3,(H,31,36)(H,32,37)(H,33,34)/t21-,26-/m0/s1. The van der Waals surface area contributed by atoms with Crippen molar-refractivity contribution in [3.8, 4) is 23.0 Å². The maximum absolute atomic E-state index is 13.6. The van der Waals surface area contributed by atoms with Crippen molar-refractivity contribution in [2.45, 2.75) is 18.7 Å². The fourth-order valence-corrected chi connectivity index (χ4v) is 5.13. The van der Waals surface area contributed by atoms with Crippen molar-refractivity contribution in [2.75, 3.05) is 33.9 Å². The van der Waals surface area contributed by atoms with E-state index in [2.05, 4.69) is 20.8 Å². The summed E-state index contributed by atoms with van der Waals surface area (Å²) in [7, 11) is 3.00. The maximum atomic E-state index is 13.6. The summed E-state index contributed by atoms with van der Waals surface area (Å²) in [6, 6.07) is 16.9. The number of H-pyrrole nitrogens is 1. The smallest absolute Gasteiger partial charge is 0.275 e. The molecule has 4 heterocycles. The molecule has 3 aliphatic rings. The predicted octanol–water partition coefficient (Wildman–Crippen LogP) is 2.29. The third-order valence-electron chi connectivity index (χ3n) is 7.32. The minimum Gasteiger partial charge on any atom is -0.493 e. The van der Waals surface area contributed by atoms with Crippen LogP contribution in [0, 0.1) is 0 Å². The highest BCUT2D eigenvalue weighted by Gasteiger charge is 2.40. The molecule has 216 valence electrons. The summed E-state index contributed by atoms with van der Waals surface area (Å²) in [6.45, 7) is 0.350. The zero-order valence-corrected chi connectivity index (χ0v) is 23.0. The molecular weight excluding hydrogens is 542 g/mol. The van der Waals surface area contributed by atoms with Gasteiger partial charge in [0.25, 0.3) is 17.7 Å². The van der Waals surface area contributed by atoms with E-state index in [0.29, 0.717) is 33.9 Å². The van der Waals surface area contributed by atoms with Gasteiger partial charge >= 0.3 is 0 Å². The van der Waals surface area contributed by atoms with Gasteiger partial charge in [-0.1, -0.05) is 24.3 Å². The summed E-state index contributed by atoms with van der Waals surface area (Å²) in [5, 5.41) is 13.7. The van der Waals surface area contributed by atoms with Gasteiger partial charge in [0.15, 0.2) is 35.3 Å². The summed E-state index contributed by atoms with van der Waals surface area (Å²) in [4.78, 5) is 41.2. The van der Waals surface area contributed by atoms with Crippen molar-refractivity contribution < 1.29 is 33.3 Å². The molecule has 4 bridgehead atoms. The number of methoxy groups -OCH3 is 2. The number of fused-ring (bicyclic) bond motifs is 8. The average Bonchev–Trinajstić information content (AvgIpc) is 3.62.